The molecule has 1 N–H and O–H groups in total. The van der Waals surface area contributed by atoms with Gasteiger partial charge in [0, 0.05) is 5.69 Å². The Balaban J connectivity index is 1.44. The lowest BCUT2D eigenvalue weighted by molar-refractivity contribution is -0.161. The van der Waals surface area contributed by atoms with Crippen LogP contribution in [0.1, 0.15) is 76.0 Å². The number of amides is 1. The third-order valence-electron chi connectivity index (χ3n) is 8.77. The lowest BCUT2D eigenvalue weighted by Crippen LogP contribution is -2.52. The highest BCUT2D eigenvalue weighted by molar-refractivity contribution is 6.31. The molecule has 3 atom stereocenters. The summed E-state index contributed by atoms with van der Waals surface area (Å²) >= 11 is 11.8. The van der Waals surface area contributed by atoms with Crippen LogP contribution in [0.15, 0.2) is 18.3 Å². The third kappa shape index (κ3) is 4.96. The quantitative estimate of drug-likeness (QED) is 0.382. The fraction of sp³-hybridized carbons (Fsp3) is 0.536. The van der Waals surface area contributed by atoms with Crippen LogP contribution in [0.25, 0.3) is 11.5 Å². The molecule has 1 fully saturated rings. The van der Waals surface area contributed by atoms with Crippen molar-refractivity contribution >= 4 is 40.8 Å². The van der Waals surface area contributed by atoms with Crippen molar-refractivity contribution in [2.45, 2.75) is 77.7 Å². The van der Waals surface area contributed by atoms with Crippen molar-refractivity contribution in [1.82, 2.24) is 29.9 Å². The van der Waals surface area contributed by atoms with Gasteiger partial charge in [0.1, 0.15) is 6.54 Å². The van der Waals surface area contributed by atoms with Crippen molar-refractivity contribution in [3.63, 3.8) is 0 Å². The summed E-state index contributed by atoms with van der Waals surface area (Å²) < 4.78 is 6.68. The Morgan fingerprint density at radius 1 is 1.15 bits per heavy atom. The van der Waals surface area contributed by atoms with Gasteiger partial charge in [0.05, 0.1) is 18.7 Å². The molecule has 0 bridgehead atoms. The van der Waals surface area contributed by atoms with Crippen molar-refractivity contribution in [1.29, 1.82) is 0 Å². The molecule has 212 valence electrons. The van der Waals surface area contributed by atoms with Crippen LogP contribution in [0.5, 0.6) is 0 Å². The zero-order chi connectivity index (χ0) is 28.8. The fourth-order valence-corrected chi connectivity index (χ4v) is 7.30. The molecule has 1 aromatic carbocycles. The number of carbonyl (C=O) groups is 2. The maximum atomic E-state index is 13.3. The second-order valence-electron chi connectivity index (χ2n) is 11.5. The first-order valence-electron chi connectivity index (χ1n) is 13.5. The summed E-state index contributed by atoms with van der Waals surface area (Å²) in [6.45, 7) is 8.51. The predicted octanol–water partition coefficient (Wildman–Crippen LogP) is 5.38. The number of aromatic nitrogens is 6. The second-order valence-corrected chi connectivity index (χ2v) is 12.2. The van der Waals surface area contributed by atoms with Crippen LogP contribution in [0.2, 0.25) is 10.6 Å². The van der Waals surface area contributed by atoms with Crippen LogP contribution in [0.3, 0.4) is 0 Å². The van der Waals surface area contributed by atoms with E-state index in [1.54, 1.807) is 6.20 Å². The Hall–Kier alpha value is -3.11. The molecule has 12 heteroatoms. The minimum Gasteiger partial charge on any atom is -0.469 e. The van der Waals surface area contributed by atoms with E-state index in [4.69, 9.17) is 27.9 Å². The Bertz CT molecular complexity index is 1460. The van der Waals surface area contributed by atoms with Crippen molar-refractivity contribution in [3.05, 3.63) is 45.6 Å². The lowest BCUT2D eigenvalue weighted by atomic mass is 9.49. The molecule has 0 radical (unpaired) electrons. The number of methoxy groups -OCH3 is 1. The monoisotopic (exact) mass is 585 g/mol. The van der Waals surface area contributed by atoms with E-state index in [-0.39, 0.29) is 52.1 Å². The molecule has 2 aliphatic carbocycles. The van der Waals surface area contributed by atoms with Crippen LogP contribution in [-0.2, 0) is 32.7 Å². The van der Waals surface area contributed by atoms with Gasteiger partial charge in [-0.05, 0) is 89.8 Å². The van der Waals surface area contributed by atoms with Gasteiger partial charge in [0.2, 0.25) is 16.5 Å². The minimum atomic E-state index is -0.530. The molecule has 40 heavy (non-hydrogen) atoms. The van der Waals surface area contributed by atoms with E-state index in [9.17, 15) is 9.59 Å². The predicted molar refractivity (Wildman–Crippen MR) is 151 cm³/mol. The Morgan fingerprint density at radius 2 is 1.88 bits per heavy atom. The third-order valence-corrected chi connectivity index (χ3v) is 9.10. The number of esters is 1. The first kappa shape index (κ1) is 28.4. The highest BCUT2D eigenvalue weighted by atomic mass is 35.5. The van der Waals surface area contributed by atoms with E-state index in [1.807, 2.05) is 0 Å². The average Bonchev–Trinajstić information content (AvgIpc) is 3.36. The molecule has 0 unspecified atom stereocenters. The number of rotatable bonds is 6. The SMILES string of the molecule is COC(=O)[C@]1(C)CCC[C@]2(C)c3ccc(C(C)C)c(NC(=O)Cn4cc(-c5nc(Cl)nc(Cl)n5)nn4)c3CC[C@@H]12. The first-order chi connectivity index (χ1) is 19.0. The van der Waals surface area contributed by atoms with E-state index >= 15 is 0 Å². The first-order valence-corrected chi connectivity index (χ1v) is 14.2. The van der Waals surface area contributed by atoms with Gasteiger partial charge in [-0.3, -0.25) is 9.59 Å². The summed E-state index contributed by atoms with van der Waals surface area (Å²) in [7, 11) is 1.48. The number of nitrogens with zero attached hydrogens (tertiary/aromatic N) is 6. The molecule has 2 aliphatic rings. The largest absolute Gasteiger partial charge is 0.469 e. The number of fused-ring (bicyclic) bond motifs is 3. The smallest absolute Gasteiger partial charge is 0.311 e. The molecule has 10 nitrogen and oxygen atoms in total. The van der Waals surface area contributed by atoms with Gasteiger partial charge in [-0.15, -0.1) is 5.10 Å². The zero-order valence-electron chi connectivity index (χ0n) is 23.3. The van der Waals surface area contributed by atoms with E-state index in [2.05, 4.69) is 70.4 Å². The normalized spacial score (nSPS) is 23.9. The maximum absolute atomic E-state index is 13.3. The summed E-state index contributed by atoms with van der Waals surface area (Å²) in [5, 5.41) is 11.2. The molecule has 3 aromatic rings. The van der Waals surface area contributed by atoms with E-state index < -0.39 is 5.41 Å². The van der Waals surface area contributed by atoms with Crippen LogP contribution in [-0.4, -0.2) is 48.9 Å². The van der Waals surface area contributed by atoms with Gasteiger partial charge in [0.25, 0.3) is 0 Å². The highest BCUT2D eigenvalue weighted by Gasteiger charge is 2.56. The zero-order valence-corrected chi connectivity index (χ0v) is 24.8. The summed E-state index contributed by atoms with van der Waals surface area (Å²) in [5.41, 5.74) is 3.90. The van der Waals surface area contributed by atoms with E-state index in [0.717, 1.165) is 48.9 Å². The number of hydrogen-bond donors (Lipinski definition) is 1. The van der Waals surface area contributed by atoms with Crippen LogP contribution in [0.4, 0.5) is 5.69 Å². The van der Waals surface area contributed by atoms with Crippen LogP contribution < -0.4 is 5.32 Å². The van der Waals surface area contributed by atoms with Crippen molar-refractivity contribution in [2.24, 2.45) is 11.3 Å². The number of benzene rings is 1. The average molecular weight is 587 g/mol. The van der Waals surface area contributed by atoms with Gasteiger partial charge >= 0.3 is 5.97 Å². The number of anilines is 1. The van der Waals surface area contributed by atoms with E-state index in [0.29, 0.717) is 5.69 Å². The molecular weight excluding hydrogens is 553 g/mol. The number of hydrogen-bond acceptors (Lipinski definition) is 8. The fourth-order valence-electron chi connectivity index (χ4n) is 6.93. The van der Waals surface area contributed by atoms with Crippen LogP contribution in [0, 0.1) is 11.3 Å². The van der Waals surface area contributed by atoms with Gasteiger partial charge in [0.15, 0.2) is 11.5 Å². The van der Waals surface area contributed by atoms with Crippen LogP contribution >= 0.6 is 23.2 Å². The number of ether oxygens (including phenoxy) is 1. The highest BCUT2D eigenvalue weighted by Crippen LogP contribution is 2.58. The van der Waals surface area contributed by atoms with Crippen molar-refractivity contribution in [3.8, 4) is 11.5 Å². The molecule has 1 amide bonds. The summed E-state index contributed by atoms with van der Waals surface area (Å²) in [6.07, 6.45) is 5.94. The number of halogens is 2. The van der Waals surface area contributed by atoms with Gasteiger partial charge in [-0.2, -0.15) is 15.0 Å². The summed E-state index contributed by atoms with van der Waals surface area (Å²) in [4.78, 5) is 38.1. The molecule has 0 saturated heterocycles. The number of carbonyl (C=O) groups excluding carboxylic acids is 2. The topological polar surface area (TPSA) is 125 Å². The van der Waals surface area contributed by atoms with Gasteiger partial charge < -0.3 is 10.1 Å². The number of nitrogens with one attached hydrogen (secondary N) is 1. The summed E-state index contributed by atoms with van der Waals surface area (Å²) in [5.74, 6) is 0.175. The molecule has 0 aliphatic heterocycles. The maximum Gasteiger partial charge on any atom is 0.311 e. The summed E-state index contributed by atoms with van der Waals surface area (Å²) in [6, 6.07) is 4.34. The molecule has 0 spiro atoms. The van der Waals surface area contributed by atoms with Gasteiger partial charge in [-0.1, -0.05) is 44.5 Å². The molecule has 5 rings (SSSR count). The van der Waals surface area contributed by atoms with Crippen molar-refractivity contribution < 1.29 is 14.3 Å². The van der Waals surface area contributed by atoms with E-state index in [1.165, 1.54) is 17.4 Å². The second kappa shape index (κ2) is 10.7. The Morgan fingerprint density at radius 3 is 2.55 bits per heavy atom. The molecule has 1 saturated carbocycles. The molecule has 2 heterocycles. The minimum absolute atomic E-state index is 0.0545. The van der Waals surface area contributed by atoms with Gasteiger partial charge in [-0.25, -0.2) is 4.68 Å². The Kier molecular flexibility index (Phi) is 7.60. The Labute approximate surface area is 243 Å². The standard InChI is InChI=1S/C28H33Cl2N7O3/c1-15(2)16-7-9-18-17(8-10-20-27(18,3)11-6-12-28(20,4)24(39)40-5)22(16)31-21(38)14-37-13-19(35-36-37)23-32-25(29)34-26(30)33-23/h7,9,13,15,20H,6,8,10-12,14H2,1-5H3,(H,31,38)/t20-,27-,28-/m1/s1. The van der Waals surface area contributed by atoms with Crippen molar-refractivity contribution in [2.75, 3.05) is 12.4 Å². The molecule has 2 aromatic heterocycles. The molecular formula is C28H33Cl2N7O3. The lowest BCUT2D eigenvalue weighted by Gasteiger charge is -2.54.